The van der Waals surface area contributed by atoms with Gasteiger partial charge in [0.05, 0.1) is 10.7 Å². The van der Waals surface area contributed by atoms with E-state index in [9.17, 15) is 0 Å². The number of piperidine rings is 1. The zero-order valence-corrected chi connectivity index (χ0v) is 15.8. The molecule has 4 heterocycles. The van der Waals surface area contributed by atoms with Crippen LogP contribution in [0.15, 0.2) is 5.38 Å². The first kappa shape index (κ1) is 17.0. The smallest absolute Gasteiger partial charge is 0.0897 e. The summed E-state index contributed by atoms with van der Waals surface area (Å²) in [5.74, 6) is 0.865. The van der Waals surface area contributed by atoms with Gasteiger partial charge in [-0.2, -0.15) is 0 Å². The second-order valence-corrected chi connectivity index (χ2v) is 9.28. The Morgan fingerprint density at radius 1 is 1.21 bits per heavy atom. The third-order valence-electron chi connectivity index (χ3n) is 6.17. The monoisotopic (exact) mass is 349 g/mol. The van der Waals surface area contributed by atoms with Gasteiger partial charge in [0, 0.05) is 44.8 Å². The van der Waals surface area contributed by atoms with Crippen LogP contribution in [0.25, 0.3) is 0 Å². The molecule has 4 nitrogen and oxygen atoms in total. The van der Waals surface area contributed by atoms with Crippen molar-refractivity contribution in [2.24, 2.45) is 11.3 Å². The maximum atomic E-state index is 5.52. The van der Waals surface area contributed by atoms with Gasteiger partial charge in [0.1, 0.15) is 0 Å². The Bertz CT molecular complexity index is 542. The van der Waals surface area contributed by atoms with Crippen LogP contribution in [-0.4, -0.2) is 60.7 Å². The number of ether oxygens (including phenoxy) is 1. The molecule has 1 aromatic rings. The zero-order chi connectivity index (χ0) is 16.4. The lowest BCUT2D eigenvalue weighted by Gasteiger charge is -2.42. The van der Waals surface area contributed by atoms with Crippen LogP contribution in [0.2, 0.25) is 0 Å². The highest BCUT2D eigenvalue weighted by Gasteiger charge is 2.41. The second kappa shape index (κ2) is 7.40. The van der Waals surface area contributed by atoms with Gasteiger partial charge in [-0.15, -0.1) is 11.3 Å². The van der Waals surface area contributed by atoms with Gasteiger partial charge in [0.2, 0.25) is 0 Å². The molecule has 3 saturated heterocycles. The van der Waals surface area contributed by atoms with Crippen molar-refractivity contribution < 1.29 is 4.74 Å². The number of thiazole rings is 1. The summed E-state index contributed by atoms with van der Waals surface area (Å²) < 4.78 is 5.52. The molecule has 0 saturated carbocycles. The second-order valence-electron chi connectivity index (χ2n) is 8.21. The summed E-state index contributed by atoms with van der Waals surface area (Å²) in [6.45, 7) is 11.6. The lowest BCUT2D eigenvalue weighted by atomic mass is 9.79. The van der Waals surface area contributed by atoms with E-state index in [0.29, 0.717) is 5.41 Å². The van der Waals surface area contributed by atoms with E-state index in [4.69, 9.17) is 4.74 Å². The Morgan fingerprint density at radius 3 is 2.83 bits per heavy atom. The number of likely N-dealkylation sites (tertiary alicyclic amines) is 2. The van der Waals surface area contributed by atoms with E-state index in [2.05, 4.69) is 27.1 Å². The van der Waals surface area contributed by atoms with Crippen LogP contribution >= 0.6 is 11.3 Å². The number of rotatable bonds is 4. The summed E-state index contributed by atoms with van der Waals surface area (Å²) in [4.78, 5) is 10.1. The third kappa shape index (κ3) is 4.01. The molecule has 0 unspecified atom stereocenters. The summed E-state index contributed by atoms with van der Waals surface area (Å²) in [7, 11) is 0. The topological polar surface area (TPSA) is 28.6 Å². The Hall–Kier alpha value is -0.490. The number of aromatic nitrogens is 1. The minimum atomic E-state index is 0.550. The molecule has 0 bridgehead atoms. The molecule has 0 N–H and O–H groups in total. The molecular formula is C19H31N3OS. The molecule has 1 spiro atoms. The van der Waals surface area contributed by atoms with Gasteiger partial charge in [0.15, 0.2) is 0 Å². The molecule has 24 heavy (non-hydrogen) atoms. The molecule has 5 heteroatoms. The highest BCUT2D eigenvalue weighted by molar-refractivity contribution is 7.09. The SMILES string of the molecule is Cc1nc(CN2CC[C@]3(CCCN(CC4CCOCC4)C3)C2)cs1. The summed E-state index contributed by atoms with van der Waals surface area (Å²) in [5.41, 5.74) is 1.82. The maximum absolute atomic E-state index is 5.52. The molecule has 3 aliphatic rings. The number of hydrogen-bond donors (Lipinski definition) is 0. The maximum Gasteiger partial charge on any atom is 0.0897 e. The minimum Gasteiger partial charge on any atom is -0.381 e. The van der Waals surface area contributed by atoms with Crippen LogP contribution in [0.3, 0.4) is 0 Å². The fraction of sp³-hybridized carbons (Fsp3) is 0.842. The zero-order valence-electron chi connectivity index (χ0n) is 15.0. The van der Waals surface area contributed by atoms with Crippen LogP contribution < -0.4 is 0 Å². The minimum absolute atomic E-state index is 0.550. The Kier molecular flexibility index (Phi) is 5.23. The van der Waals surface area contributed by atoms with Gasteiger partial charge in [-0.05, 0) is 63.5 Å². The van der Waals surface area contributed by atoms with Gasteiger partial charge in [-0.3, -0.25) is 4.90 Å². The summed E-state index contributed by atoms with van der Waals surface area (Å²) in [6, 6.07) is 0. The standard InChI is InChI=1S/C19H31N3OS/c1-16-20-18(13-24-16)12-22-8-6-19(15-22)5-2-7-21(14-19)11-17-3-9-23-10-4-17/h13,17H,2-12,14-15H2,1H3/t19-/m0/s1. The molecule has 0 amide bonds. The number of hydrogen-bond acceptors (Lipinski definition) is 5. The third-order valence-corrected chi connectivity index (χ3v) is 6.99. The largest absolute Gasteiger partial charge is 0.381 e. The number of nitrogens with zero attached hydrogens (tertiary/aromatic N) is 3. The van der Waals surface area contributed by atoms with E-state index >= 15 is 0 Å². The Balaban J connectivity index is 1.31. The summed E-state index contributed by atoms with van der Waals surface area (Å²) >= 11 is 1.78. The summed E-state index contributed by atoms with van der Waals surface area (Å²) in [6.07, 6.45) is 6.70. The van der Waals surface area contributed by atoms with E-state index < -0.39 is 0 Å². The molecular weight excluding hydrogens is 318 g/mol. The Labute approximate surface area is 150 Å². The van der Waals surface area contributed by atoms with Crippen molar-refractivity contribution >= 4 is 11.3 Å². The normalized spacial score (nSPS) is 30.4. The van der Waals surface area contributed by atoms with Crippen molar-refractivity contribution in [2.45, 2.75) is 45.6 Å². The average Bonchev–Trinajstić information content (AvgIpc) is 3.15. The van der Waals surface area contributed by atoms with Crippen molar-refractivity contribution in [2.75, 3.05) is 45.9 Å². The van der Waals surface area contributed by atoms with Crippen molar-refractivity contribution in [1.29, 1.82) is 0 Å². The van der Waals surface area contributed by atoms with E-state index in [0.717, 1.165) is 25.7 Å². The van der Waals surface area contributed by atoms with Gasteiger partial charge in [-0.25, -0.2) is 4.98 Å². The first-order valence-electron chi connectivity index (χ1n) is 9.64. The van der Waals surface area contributed by atoms with E-state index in [1.165, 1.54) is 75.5 Å². The Morgan fingerprint density at radius 2 is 2.04 bits per heavy atom. The molecule has 4 rings (SSSR count). The van der Waals surface area contributed by atoms with Crippen LogP contribution in [0.5, 0.6) is 0 Å². The summed E-state index contributed by atoms with van der Waals surface area (Å²) in [5, 5.41) is 3.43. The highest BCUT2D eigenvalue weighted by atomic mass is 32.1. The van der Waals surface area contributed by atoms with Crippen molar-refractivity contribution in [3.8, 4) is 0 Å². The van der Waals surface area contributed by atoms with Crippen LogP contribution in [0.1, 0.15) is 42.8 Å². The molecule has 1 aromatic heterocycles. The average molecular weight is 350 g/mol. The molecule has 0 radical (unpaired) electrons. The van der Waals surface area contributed by atoms with Crippen LogP contribution in [0, 0.1) is 18.3 Å². The van der Waals surface area contributed by atoms with Crippen molar-refractivity contribution in [1.82, 2.24) is 14.8 Å². The predicted molar refractivity (Wildman–Crippen MR) is 98.4 cm³/mol. The molecule has 0 aromatic carbocycles. The lowest BCUT2D eigenvalue weighted by Crippen LogP contribution is -2.46. The van der Waals surface area contributed by atoms with Gasteiger partial charge in [0.25, 0.3) is 0 Å². The van der Waals surface area contributed by atoms with Gasteiger partial charge >= 0.3 is 0 Å². The molecule has 1 atom stereocenters. The van der Waals surface area contributed by atoms with Crippen LogP contribution in [-0.2, 0) is 11.3 Å². The number of aryl methyl sites for hydroxylation is 1. The predicted octanol–water partition coefficient (Wildman–Crippen LogP) is 3.17. The first-order chi connectivity index (χ1) is 11.7. The first-order valence-corrected chi connectivity index (χ1v) is 10.5. The van der Waals surface area contributed by atoms with Gasteiger partial charge < -0.3 is 9.64 Å². The molecule has 134 valence electrons. The van der Waals surface area contributed by atoms with Crippen molar-refractivity contribution in [3.63, 3.8) is 0 Å². The quantitative estimate of drug-likeness (QED) is 0.835. The fourth-order valence-electron chi connectivity index (χ4n) is 4.97. The molecule has 0 aliphatic carbocycles. The lowest BCUT2D eigenvalue weighted by molar-refractivity contribution is 0.0312. The molecule has 3 fully saturated rings. The fourth-order valence-corrected chi connectivity index (χ4v) is 5.57. The van der Waals surface area contributed by atoms with Crippen LogP contribution in [0.4, 0.5) is 0 Å². The van der Waals surface area contributed by atoms with E-state index in [1.807, 2.05) is 0 Å². The van der Waals surface area contributed by atoms with E-state index in [1.54, 1.807) is 11.3 Å². The van der Waals surface area contributed by atoms with Crippen molar-refractivity contribution in [3.05, 3.63) is 16.1 Å². The highest BCUT2D eigenvalue weighted by Crippen LogP contribution is 2.39. The van der Waals surface area contributed by atoms with Gasteiger partial charge in [-0.1, -0.05) is 0 Å². The molecule has 3 aliphatic heterocycles. The van der Waals surface area contributed by atoms with E-state index in [-0.39, 0.29) is 0 Å².